The highest BCUT2D eigenvalue weighted by Crippen LogP contribution is 2.35. The van der Waals surface area contributed by atoms with Gasteiger partial charge in [-0.25, -0.2) is 13.4 Å². The average Bonchev–Trinajstić information content (AvgIpc) is 3.18. The SMILES string of the molecule is CS(=O)(=O)c1ccc(C(CC2CCCCC2)C(=O)Nc2nccs2)cc1C#N. The normalized spacial score (nSPS) is 16.3. The van der Waals surface area contributed by atoms with Crippen LogP contribution in [-0.2, 0) is 14.6 Å². The molecule has 1 aliphatic rings. The van der Waals surface area contributed by atoms with Crippen molar-refractivity contribution < 1.29 is 13.2 Å². The number of nitriles is 1. The monoisotopic (exact) mass is 417 g/mol. The van der Waals surface area contributed by atoms with Crippen molar-refractivity contribution in [3.63, 3.8) is 0 Å². The molecule has 0 radical (unpaired) electrons. The molecule has 148 valence electrons. The molecule has 0 aliphatic heterocycles. The van der Waals surface area contributed by atoms with Crippen LogP contribution >= 0.6 is 11.3 Å². The molecule has 3 rings (SSSR count). The Morgan fingerprint density at radius 3 is 2.71 bits per heavy atom. The summed E-state index contributed by atoms with van der Waals surface area (Å²) in [6.45, 7) is 0. The highest BCUT2D eigenvalue weighted by atomic mass is 32.2. The second-order valence-electron chi connectivity index (χ2n) is 7.26. The first-order chi connectivity index (χ1) is 13.4. The predicted molar refractivity (Wildman–Crippen MR) is 109 cm³/mol. The summed E-state index contributed by atoms with van der Waals surface area (Å²) in [6.07, 6.45) is 9.14. The number of nitrogens with one attached hydrogen (secondary N) is 1. The molecular formula is C20H23N3O3S2. The van der Waals surface area contributed by atoms with Gasteiger partial charge >= 0.3 is 0 Å². The van der Waals surface area contributed by atoms with Crippen molar-refractivity contribution in [3.8, 4) is 6.07 Å². The molecule has 1 fully saturated rings. The average molecular weight is 418 g/mol. The van der Waals surface area contributed by atoms with Crippen LogP contribution < -0.4 is 5.32 Å². The minimum atomic E-state index is -3.51. The van der Waals surface area contributed by atoms with E-state index < -0.39 is 15.8 Å². The molecule has 1 heterocycles. The van der Waals surface area contributed by atoms with Crippen molar-refractivity contribution in [2.75, 3.05) is 11.6 Å². The predicted octanol–water partition coefficient (Wildman–Crippen LogP) is 4.11. The van der Waals surface area contributed by atoms with E-state index in [0.29, 0.717) is 23.0 Å². The van der Waals surface area contributed by atoms with E-state index in [4.69, 9.17) is 0 Å². The van der Waals surface area contributed by atoms with Gasteiger partial charge in [0, 0.05) is 17.8 Å². The number of amides is 1. The van der Waals surface area contributed by atoms with E-state index in [1.54, 1.807) is 23.7 Å². The number of benzene rings is 1. The first-order valence-corrected chi connectivity index (χ1v) is 12.1. The molecule has 0 bridgehead atoms. The van der Waals surface area contributed by atoms with E-state index in [1.807, 2.05) is 6.07 Å². The van der Waals surface area contributed by atoms with Gasteiger partial charge in [0.15, 0.2) is 15.0 Å². The van der Waals surface area contributed by atoms with Crippen molar-refractivity contribution in [1.29, 1.82) is 5.26 Å². The fourth-order valence-corrected chi connectivity index (χ4v) is 5.15. The molecule has 1 amide bonds. The Morgan fingerprint density at radius 2 is 2.11 bits per heavy atom. The van der Waals surface area contributed by atoms with Gasteiger partial charge in [0.05, 0.1) is 16.4 Å². The summed E-state index contributed by atoms with van der Waals surface area (Å²) in [5, 5.41) is 14.6. The van der Waals surface area contributed by atoms with Gasteiger partial charge in [-0.1, -0.05) is 38.2 Å². The zero-order valence-corrected chi connectivity index (χ0v) is 17.4. The van der Waals surface area contributed by atoms with Gasteiger partial charge in [0.1, 0.15) is 6.07 Å². The van der Waals surface area contributed by atoms with Crippen LogP contribution in [0.1, 0.15) is 55.6 Å². The number of rotatable bonds is 6. The number of carbonyl (C=O) groups excluding carboxylic acids is 1. The van der Waals surface area contributed by atoms with Gasteiger partial charge in [-0.05, 0) is 30.0 Å². The molecule has 1 aromatic heterocycles. The highest BCUT2D eigenvalue weighted by molar-refractivity contribution is 7.90. The third-order valence-electron chi connectivity index (χ3n) is 5.20. The molecule has 28 heavy (non-hydrogen) atoms. The second-order valence-corrected chi connectivity index (χ2v) is 10.1. The van der Waals surface area contributed by atoms with Crippen LogP contribution in [-0.4, -0.2) is 25.6 Å². The lowest BCUT2D eigenvalue weighted by Crippen LogP contribution is -2.24. The second kappa shape index (κ2) is 8.84. The van der Waals surface area contributed by atoms with Gasteiger partial charge < -0.3 is 5.32 Å². The van der Waals surface area contributed by atoms with Crippen molar-refractivity contribution >= 4 is 32.2 Å². The zero-order chi connectivity index (χ0) is 20.1. The van der Waals surface area contributed by atoms with Crippen LogP contribution in [0.4, 0.5) is 5.13 Å². The van der Waals surface area contributed by atoms with Crippen LogP contribution in [0, 0.1) is 17.2 Å². The van der Waals surface area contributed by atoms with Gasteiger partial charge in [-0.15, -0.1) is 11.3 Å². The van der Waals surface area contributed by atoms with Gasteiger partial charge in [0.25, 0.3) is 0 Å². The molecule has 1 atom stereocenters. The molecule has 2 aromatic rings. The standard InChI is InChI=1S/C20H23N3O3S2/c1-28(25,26)18-8-7-15(12-16(18)13-21)17(11-14-5-3-2-4-6-14)19(24)23-20-22-9-10-27-20/h7-10,12,14,17H,2-6,11H2,1H3,(H,22,23,24). The van der Waals surface area contributed by atoms with E-state index in [9.17, 15) is 18.5 Å². The number of hydrogen-bond acceptors (Lipinski definition) is 6. The van der Waals surface area contributed by atoms with E-state index in [1.165, 1.54) is 36.7 Å². The lowest BCUT2D eigenvalue weighted by atomic mass is 9.80. The first kappa shape index (κ1) is 20.5. The topological polar surface area (TPSA) is 99.9 Å². The van der Waals surface area contributed by atoms with Crippen LogP contribution in [0.15, 0.2) is 34.7 Å². The summed E-state index contributed by atoms with van der Waals surface area (Å²) < 4.78 is 23.8. The van der Waals surface area contributed by atoms with E-state index >= 15 is 0 Å². The molecule has 1 aliphatic carbocycles. The quantitative estimate of drug-likeness (QED) is 0.762. The van der Waals surface area contributed by atoms with Crippen LogP contribution in [0.2, 0.25) is 0 Å². The van der Waals surface area contributed by atoms with Gasteiger partial charge in [0.2, 0.25) is 5.91 Å². The Labute approximate surface area is 169 Å². The number of nitrogens with zero attached hydrogens (tertiary/aromatic N) is 2. The largest absolute Gasteiger partial charge is 0.301 e. The minimum Gasteiger partial charge on any atom is -0.301 e. The van der Waals surface area contributed by atoms with Crippen LogP contribution in [0.25, 0.3) is 0 Å². The van der Waals surface area contributed by atoms with Crippen molar-refractivity contribution in [2.45, 2.75) is 49.3 Å². The number of thiazole rings is 1. The summed E-state index contributed by atoms with van der Waals surface area (Å²) in [4.78, 5) is 17.1. The van der Waals surface area contributed by atoms with Crippen LogP contribution in [0.3, 0.4) is 0 Å². The zero-order valence-electron chi connectivity index (χ0n) is 15.7. The molecule has 8 heteroatoms. The smallest absolute Gasteiger partial charge is 0.233 e. The lowest BCUT2D eigenvalue weighted by molar-refractivity contribution is -0.118. The Bertz CT molecular complexity index is 973. The Balaban J connectivity index is 1.93. The molecule has 6 nitrogen and oxygen atoms in total. The van der Waals surface area contributed by atoms with Crippen molar-refractivity contribution in [3.05, 3.63) is 40.9 Å². The van der Waals surface area contributed by atoms with Crippen LogP contribution in [0.5, 0.6) is 0 Å². The Hall–Kier alpha value is -2.24. The van der Waals surface area contributed by atoms with Crippen molar-refractivity contribution in [1.82, 2.24) is 4.98 Å². The summed E-state index contributed by atoms with van der Waals surface area (Å²) in [5.41, 5.74) is 0.749. The maximum absolute atomic E-state index is 13.0. The molecule has 1 N–H and O–H groups in total. The van der Waals surface area contributed by atoms with E-state index in [-0.39, 0.29) is 16.4 Å². The molecule has 1 unspecified atom stereocenters. The number of aromatic nitrogens is 1. The molecule has 0 spiro atoms. The number of hydrogen-bond donors (Lipinski definition) is 1. The maximum atomic E-state index is 13.0. The fourth-order valence-electron chi connectivity index (χ4n) is 3.80. The maximum Gasteiger partial charge on any atom is 0.233 e. The molecule has 1 saturated carbocycles. The van der Waals surface area contributed by atoms with E-state index in [0.717, 1.165) is 19.1 Å². The molecular weight excluding hydrogens is 394 g/mol. The third kappa shape index (κ3) is 4.97. The number of carbonyl (C=O) groups is 1. The lowest BCUT2D eigenvalue weighted by Gasteiger charge is -2.26. The number of sulfone groups is 1. The summed E-state index contributed by atoms with van der Waals surface area (Å²) in [7, 11) is -3.51. The van der Waals surface area contributed by atoms with Gasteiger partial charge in [-0.3, -0.25) is 4.79 Å². The number of anilines is 1. The van der Waals surface area contributed by atoms with Crippen molar-refractivity contribution in [2.24, 2.45) is 5.92 Å². The highest BCUT2D eigenvalue weighted by Gasteiger charge is 2.28. The summed E-state index contributed by atoms with van der Waals surface area (Å²) >= 11 is 1.35. The Kier molecular flexibility index (Phi) is 6.47. The fraction of sp³-hybridized carbons (Fsp3) is 0.450. The summed E-state index contributed by atoms with van der Waals surface area (Å²) in [6, 6.07) is 6.61. The summed E-state index contributed by atoms with van der Waals surface area (Å²) in [5.74, 6) is -0.176. The van der Waals surface area contributed by atoms with E-state index in [2.05, 4.69) is 10.3 Å². The molecule has 1 aromatic carbocycles. The Morgan fingerprint density at radius 1 is 1.36 bits per heavy atom. The first-order valence-electron chi connectivity index (χ1n) is 9.33. The van der Waals surface area contributed by atoms with Gasteiger partial charge in [-0.2, -0.15) is 5.26 Å². The third-order valence-corrected chi connectivity index (χ3v) is 7.04. The minimum absolute atomic E-state index is 0.00417. The molecule has 0 saturated heterocycles.